The zero-order chi connectivity index (χ0) is 26.2. The Hall–Kier alpha value is -3.11. The number of aliphatic imine (C=N–C) groups is 1. The summed E-state index contributed by atoms with van der Waals surface area (Å²) in [4.78, 5) is 7.05. The van der Waals surface area contributed by atoms with Crippen molar-refractivity contribution in [1.29, 1.82) is 5.26 Å². The van der Waals surface area contributed by atoms with E-state index >= 15 is 0 Å². The summed E-state index contributed by atoms with van der Waals surface area (Å²) in [5.41, 5.74) is 1.95. The van der Waals surface area contributed by atoms with Crippen LogP contribution in [0.3, 0.4) is 0 Å². The van der Waals surface area contributed by atoms with E-state index in [2.05, 4.69) is 92.4 Å². The summed E-state index contributed by atoms with van der Waals surface area (Å²) in [5, 5.41) is 12.2. The van der Waals surface area contributed by atoms with Crippen LogP contribution >= 0.6 is 11.6 Å². The van der Waals surface area contributed by atoms with Crippen LogP contribution in [0.15, 0.2) is 77.8 Å². The van der Waals surface area contributed by atoms with Crippen molar-refractivity contribution < 1.29 is 9.16 Å². The van der Waals surface area contributed by atoms with Gasteiger partial charge >= 0.3 is 0 Å². The average Bonchev–Trinajstić information content (AvgIpc) is 3.48. The average molecular weight is 530 g/mol. The van der Waals surface area contributed by atoms with Gasteiger partial charge in [-0.2, -0.15) is 10.3 Å². The molecule has 5 rings (SSSR count). The highest BCUT2D eigenvalue weighted by molar-refractivity contribution is 6.99. The summed E-state index contributed by atoms with van der Waals surface area (Å²) in [5.74, 6) is 0. The van der Waals surface area contributed by atoms with E-state index in [0.29, 0.717) is 23.2 Å². The molecule has 37 heavy (non-hydrogen) atoms. The molecule has 0 amide bonds. The maximum Gasteiger partial charge on any atom is 0.293 e. The van der Waals surface area contributed by atoms with Crippen molar-refractivity contribution in [1.82, 2.24) is 4.90 Å². The van der Waals surface area contributed by atoms with E-state index in [1.165, 1.54) is 10.4 Å². The normalized spacial score (nSPS) is 20.5. The number of benzene rings is 3. The molecular formula is C30H32ClN3O2Si. The molecule has 3 aromatic rings. The summed E-state index contributed by atoms with van der Waals surface area (Å²) in [6.07, 6.45) is 0.926. The van der Waals surface area contributed by atoms with Crippen LogP contribution in [0.4, 0.5) is 5.69 Å². The molecule has 2 aliphatic heterocycles. The van der Waals surface area contributed by atoms with Crippen LogP contribution in [-0.4, -0.2) is 44.5 Å². The first-order chi connectivity index (χ1) is 17.8. The molecule has 0 N–H and O–H groups in total. The summed E-state index contributed by atoms with van der Waals surface area (Å²) in [6, 6.07) is 27.9. The molecule has 2 aliphatic rings. The van der Waals surface area contributed by atoms with Crippen LogP contribution in [0.25, 0.3) is 0 Å². The predicted molar refractivity (Wildman–Crippen MR) is 152 cm³/mol. The third kappa shape index (κ3) is 4.46. The zero-order valence-corrected chi connectivity index (χ0v) is 23.5. The third-order valence-electron chi connectivity index (χ3n) is 7.55. The molecule has 0 aromatic heterocycles. The van der Waals surface area contributed by atoms with Gasteiger partial charge in [-0.05, 0) is 46.5 Å². The van der Waals surface area contributed by atoms with E-state index in [-0.39, 0.29) is 17.2 Å². The van der Waals surface area contributed by atoms with Crippen molar-refractivity contribution in [3.05, 3.63) is 88.9 Å². The van der Waals surface area contributed by atoms with E-state index in [1.807, 2.05) is 13.0 Å². The molecule has 2 fully saturated rings. The first-order valence-electron chi connectivity index (χ1n) is 12.7. The maximum atomic E-state index is 9.27. The van der Waals surface area contributed by atoms with Gasteiger partial charge in [0.1, 0.15) is 12.7 Å². The Labute approximate surface area is 225 Å². The number of rotatable bonds is 5. The Morgan fingerprint density at radius 3 is 2.22 bits per heavy atom. The van der Waals surface area contributed by atoms with Gasteiger partial charge in [0.25, 0.3) is 14.3 Å². The number of hydrogen-bond acceptors (Lipinski definition) is 4. The maximum absolute atomic E-state index is 9.27. The van der Waals surface area contributed by atoms with Crippen molar-refractivity contribution in [3.8, 4) is 6.07 Å². The van der Waals surface area contributed by atoms with Crippen molar-refractivity contribution in [2.24, 2.45) is 4.99 Å². The molecule has 0 unspecified atom stereocenters. The Kier molecular flexibility index (Phi) is 6.89. The van der Waals surface area contributed by atoms with E-state index in [1.54, 1.807) is 6.07 Å². The van der Waals surface area contributed by atoms with E-state index in [9.17, 15) is 5.26 Å². The second kappa shape index (κ2) is 9.98. The smallest absolute Gasteiger partial charge is 0.293 e. The third-order valence-corrected chi connectivity index (χ3v) is 13.1. The molecule has 0 aliphatic carbocycles. The van der Waals surface area contributed by atoms with Crippen LogP contribution in [-0.2, 0) is 9.16 Å². The predicted octanol–water partition coefficient (Wildman–Crippen LogP) is 5.56. The van der Waals surface area contributed by atoms with Crippen LogP contribution < -0.4 is 10.4 Å². The number of ether oxygens (including phenoxy) is 1. The minimum absolute atomic E-state index is 0.0182. The lowest BCUT2D eigenvalue weighted by atomic mass is 10.1. The second-order valence-corrected chi connectivity index (χ2v) is 15.4. The highest BCUT2D eigenvalue weighted by Crippen LogP contribution is 2.40. The molecule has 2 heterocycles. The fourth-order valence-corrected chi connectivity index (χ4v) is 10.6. The van der Waals surface area contributed by atoms with Crippen molar-refractivity contribution in [2.45, 2.75) is 51.3 Å². The van der Waals surface area contributed by atoms with Crippen LogP contribution in [0.5, 0.6) is 0 Å². The quantitative estimate of drug-likeness (QED) is 0.406. The molecule has 0 saturated carbocycles. The van der Waals surface area contributed by atoms with Crippen molar-refractivity contribution >= 4 is 42.0 Å². The van der Waals surface area contributed by atoms with Gasteiger partial charge in [0.15, 0.2) is 0 Å². The van der Waals surface area contributed by atoms with Crippen LogP contribution in [0.1, 0.15) is 38.3 Å². The van der Waals surface area contributed by atoms with E-state index in [0.717, 1.165) is 24.2 Å². The Morgan fingerprint density at radius 2 is 1.65 bits per heavy atom. The molecule has 190 valence electrons. The summed E-state index contributed by atoms with van der Waals surface area (Å²) in [6.45, 7) is 10.2. The molecule has 7 heteroatoms. The van der Waals surface area contributed by atoms with E-state index < -0.39 is 8.32 Å². The highest BCUT2D eigenvalue weighted by atomic mass is 35.5. The SMILES string of the molecule is Cc1c(N=C2OC[C@@H]3[C@H](O[Si](c4ccccc4)(c4ccccc4)C(C)(C)C)CCN23)ccc(C#N)c1Cl. The zero-order valence-electron chi connectivity index (χ0n) is 21.7. The molecular weight excluding hydrogens is 498 g/mol. The molecule has 2 atom stereocenters. The Morgan fingerprint density at radius 1 is 1.03 bits per heavy atom. The molecule has 3 aromatic carbocycles. The van der Waals surface area contributed by atoms with Gasteiger partial charge in [0.2, 0.25) is 0 Å². The molecule has 5 nitrogen and oxygen atoms in total. The van der Waals surface area contributed by atoms with Crippen molar-refractivity contribution in [2.75, 3.05) is 13.2 Å². The monoisotopic (exact) mass is 529 g/mol. The fourth-order valence-electron chi connectivity index (χ4n) is 5.64. The summed E-state index contributed by atoms with van der Waals surface area (Å²) >= 11 is 6.39. The number of hydrogen-bond donors (Lipinski definition) is 0. The Balaban J connectivity index is 1.49. The van der Waals surface area contributed by atoms with Gasteiger partial charge in [-0.15, -0.1) is 0 Å². The summed E-state index contributed by atoms with van der Waals surface area (Å²) in [7, 11) is -2.67. The van der Waals surface area contributed by atoms with Gasteiger partial charge in [-0.1, -0.05) is 93.0 Å². The second-order valence-electron chi connectivity index (χ2n) is 10.8. The van der Waals surface area contributed by atoms with Gasteiger partial charge < -0.3 is 14.1 Å². The standard InChI is InChI=1S/C30H32ClN3O2Si/c1-21-25(16-15-22(19-32)28(21)31)33-29-34-18-17-27(26(34)20-35-29)36-37(30(2,3)4,23-11-7-5-8-12-23)24-13-9-6-10-14-24/h5-16,26-27H,17-18,20H2,1-4H3/t26-,27-/m1/s1. The van der Waals surface area contributed by atoms with Gasteiger partial charge in [-0.25, -0.2) is 0 Å². The lowest BCUT2D eigenvalue weighted by Crippen LogP contribution is -2.68. The first-order valence-corrected chi connectivity index (χ1v) is 15.0. The minimum atomic E-state index is -2.67. The van der Waals surface area contributed by atoms with Crippen LogP contribution in [0.2, 0.25) is 10.1 Å². The fraction of sp³-hybridized carbons (Fsp3) is 0.333. The first kappa shape index (κ1) is 25.5. The topological polar surface area (TPSA) is 57.9 Å². The largest absolute Gasteiger partial charge is 0.463 e. The number of nitriles is 1. The summed E-state index contributed by atoms with van der Waals surface area (Å²) < 4.78 is 13.5. The Bertz CT molecular complexity index is 1310. The molecule has 2 saturated heterocycles. The minimum Gasteiger partial charge on any atom is -0.463 e. The van der Waals surface area contributed by atoms with Gasteiger partial charge in [0, 0.05) is 6.54 Å². The van der Waals surface area contributed by atoms with Crippen LogP contribution in [0, 0.1) is 18.3 Å². The van der Waals surface area contributed by atoms with Gasteiger partial charge in [0.05, 0.1) is 28.4 Å². The van der Waals surface area contributed by atoms with Gasteiger partial charge in [-0.3, -0.25) is 0 Å². The van der Waals surface area contributed by atoms with Crippen molar-refractivity contribution in [3.63, 3.8) is 0 Å². The van der Waals surface area contributed by atoms with E-state index in [4.69, 9.17) is 25.8 Å². The lowest BCUT2D eigenvalue weighted by Gasteiger charge is -2.45. The lowest BCUT2D eigenvalue weighted by molar-refractivity contribution is 0.146. The molecule has 0 bridgehead atoms. The number of fused-ring (bicyclic) bond motifs is 1. The number of nitrogens with zero attached hydrogens (tertiary/aromatic N) is 3. The number of amidine groups is 1. The number of halogens is 1. The highest BCUT2D eigenvalue weighted by Gasteiger charge is 2.54. The molecule has 0 radical (unpaired) electrons. The molecule has 0 spiro atoms.